The van der Waals surface area contributed by atoms with Gasteiger partial charge >= 0.3 is 6.03 Å². The van der Waals surface area contributed by atoms with Crippen LogP contribution in [0.2, 0.25) is 0 Å². The summed E-state index contributed by atoms with van der Waals surface area (Å²) in [5.41, 5.74) is 4.70. The van der Waals surface area contributed by atoms with Crippen LogP contribution in [0.25, 0.3) is 10.9 Å². The van der Waals surface area contributed by atoms with Gasteiger partial charge in [0.25, 0.3) is 0 Å². The average Bonchev–Trinajstić information content (AvgIpc) is 2.71. The number of hydrogen-bond acceptors (Lipinski definition) is 3. The lowest BCUT2D eigenvalue weighted by Gasteiger charge is -2.28. The minimum absolute atomic E-state index is 0.262. The molecule has 0 unspecified atom stereocenters. The molecule has 2 aromatic carbocycles. The van der Waals surface area contributed by atoms with Crippen LogP contribution in [0.15, 0.2) is 46.9 Å². The number of rotatable bonds is 3. The zero-order valence-corrected chi connectivity index (χ0v) is 18.3. The summed E-state index contributed by atoms with van der Waals surface area (Å²) in [4.78, 5) is 19.6. The Labute approximate surface area is 179 Å². The number of carbonyl (C=O) groups excluding carboxylic acids is 1. The summed E-state index contributed by atoms with van der Waals surface area (Å²) in [5, 5.41) is 6.86. The number of benzene rings is 2. The van der Waals surface area contributed by atoms with Gasteiger partial charge in [-0.2, -0.15) is 0 Å². The maximum Gasteiger partial charge on any atom is 0.323 e. The van der Waals surface area contributed by atoms with Gasteiger partial charge in [0.1, 0.15) is 5.82 Å². The summed E-state index contributed by atoms with van der Waals surface area (Å²) in [7, 11) is 0. The Balaban J connectivity index is 1.51. The monoisotopic (exact) mass is 452 g/mol. The molecule has 0 bridgehead atoms. The van der Waals surface area contributed by atoms with Crippen molar-refractivity contribution in [3.63, 3.8) is 0 Å². The molecule has 6 heteroatoms. The molecule has 0 spiro atoms. The molecule has 2 heterocycles. The number of aryl methyl sites for hydroxylation is 2. The van der Waals surface area contributed by atoms with Crippen LogP contribution in [-0.4, -0.2) is 24.1 Å². The van der Waals surface area contributed by atoms with Gasteiger partial charge in [0.2, 0.25) is 0 Å². The fraction of sp³-hybridized carbons (Fsp3) is 0.304. The molecule has 1 aromatic heterocycles. The zero-order chi connectivity index (χ0) is 20.4. The predicted octanol–water partition coefficient (Wildman–Crippen LogP) is 6.25. The van der Waals surface area contributed by atoms with Gasteiger partial charge < -0.3 is 15.5 Å². The van der Waals surface area contributed by atoms with E-state index in [2.05, 4.69) is 44.5 Å². The average molecular weight is 453 g/mol. The number of aromatic nitrogens is 1. The molecule has 2 N–H and O–H groups in total. The van der Waals surface area contributed by atoms with Crippen LogP contribution in [0, 0.1) is 13.8 Å². The van der Waals surface area contributed by atoms with Crippen molar-refractivity contribution in [2.75, 3.05) is 28.6 Å². The van der Waals surface area contributed by atoms with Crippen molar-refractivity contribution in [2.24, 2.45) is 0 Å². The van der Waals surface area contributed by atoms with E-state index < -0.39 is 0 Å². The lowest BCUT2D eigenvalue weighted by Crippen LogP contribution is -2.30. The molecule has 1 aliphatic heterocycles. The van der Waals surface area contributed by atoms with Gasteiger partial charge in [0.15, 0.2) is 0 Å². The second kappa shape index (κ2) is 8.41. The molecule has 0 atom stereocenters. The fourth-order valence-corrected chi connectivity index (χ4v) is 4.00. The van der Waals surface area contributed by atoms with Crippen molar-refractivity contribution in [1.29, 1.82) is 0 Å². The van der Waals surface area contributed by atoms with Crippen molar-refractivity contribution in [3.8, 4) is 0 Å². The summed E-state index contributed by atoms with van der Waals surface area (Å²) in [5.74, 6) is 1.05. The second-order valence-corrected chi connectivity index (χ2v) is 8.47. The normalized spacial score (nSPS) is 14.1. The van der Waals surface area contributed by atoms with Crippen LogP contribution in [-0.2, 0) is 0 Å². The molecule has 0 aliphatic carbocycles. The first kappa shape index (κ1) is 19.7. The maximum absolute atomic E-state index is 12.4. The highest BCUT2D eigenvalue weighted by Gasteiger charge is 2.14. The van der Waals surface area contributed by atoms with Gasteiger partial charge in [-0.05, 0) is 86.7 Å². The Hall–Kier alpha value is -2.60. The third-order valence-electron chi connectivity index (χ3n) is 5.36. The summed E-state index contributed by atoms with van der Waals surface area (Å²) in [6.45, 7) is 6.25. The number of amides is 2. The number of fused-ring (bicyclic) bond motifs is 1. The van der Waals surface area contributed by atoms with Crippen LogP contribution in [0.5, 0.6) is 0 Å². The number of halogens is 1. The van der Waals surface area contributed by atoms with E-state index in [0.29, 0.717) is 0 Å². The van der Waals surface area contributed by atoms with Crippen molar-refractivity contribution < 1.29 is 4.79 Å². The summed E-state index contributed by atoms with van der Waals surface area (Å²) in [6, 6.07) is 13.5. The highest BCUT2D eigenvalue weighted by atomic mass is 79.9. The maximum atomic E-state index is 12.4. The lowest BCUT2D eigenvalue weighted by molar-refractivity contribution is 0.262. The first-order chi connectivity index (χ1) is 14.0. The van der Waals surface area contributed by atoms with Gasteiger partial charge in [-0.3, -0.25) is 0 Å². The van der Waals surface area contributed by atoms with Gasteiger partial charge in [0, 0.05) is 34.3 Å². The Morgan fingerprint density at radius 3 is 2.34 bits per heavy atom. The molecule has 4 rings (SSSR count). The van der Waals surface area contributed by atoms with Crippen LogP contribution in [0.3, 0.4) is 0 Å². The standard InChI is InChI=1S/C23H25BrN4O/c1-15-13-22(28-10-4-3-5-11-28)27-21-9-7-18(14-19(15)21)26-23(29)25-17-6-8-20(24)16(2)12-17/h6-9,12-14H,3-5,10-11H2,1-2H3,(H2,25,26,29). The molecule has 150 valence electrons. The summed E-state index contributed by atoms with van der Waals surface area (Å²) >= 11 is 3.47. The Morgan fingerprint density at radius 2 is 1.62 bits per heavy atom. The minimum Gasteiger partial charge on any atom is -0.357 e. The molecule has 1 fully saturated rings. The van der Waals surface area contributed by atoms with Crippen LogP contribution < -0.4 is 15.5 Å². The van der Waals surface area contributed by atoms with E-state index in [0.717, 1.165) is 51.2 Å². The predicted molar refractivity (Wildman–Crippen MR) is 124 cm³/mol. The largest absolute Gasteiger partial charge is 0.357 e. The van der Waals surface area contributed by atoms with Gasteiger partial charge in [-0.1, -0.05) is 15.9 Å². The number of hydrogen-bond donors (Lipinski definition) is 2. The van der Waals surface area contributed by atoms with E-state index in [1.807, 2.05) is 43.3 Å². The third kappa shape index (κ3) is 4.53. The molecule has 5 nitrogen and oxygen atoms in total. The highest BCUT2D eigenvalue weighted by Crippen LogP contribution is 2.27. The van der Waals surface area contributed by atoms with Crippen LogP contribution >= 0.6 is 15.9 Å². The van der Waals surface area contributed by atoms with Crippen molar-refractivity contribution in [1.82, 2.24) is 4.98 Å². The smallest absolute Gasteiger partial charge is 0.323 e. The molecular formula is C23H25BrN4O. The van der Waals surface area contributed by atoms with Crippen LogP contribution in [0.4, 0.5) is 22.0 Å². The molecule has 0 saturated carbocycles. The van der Waals surface area contributed by atoms with E-state index in [9.17, 15) is 4.79 Å². The van der Waals surface area contributed by atoms with E-state index >= 15 is 0 Å². The summed E-state index contributed by atoms with van der Waals surface area (Å²) in [6.07, 6.45) is 3.77. The second-order valence-electron chi connectivity index (χ2n) is 7.62. The molecule has 1 saturated heterocycles. The van der Waals surface area contributed by atoms with Gasteiger partial charge in [-0.25, -0.2) is 9.78 Å². The molecule has 2 amide bonds. The van der Waals surface area contributed by atoms with Gasteiger partial charge in [-0.15, -0.1) is 0 Å². The minimum atomic E-state index is -0.262. The zero-order valence-electron chi connectivity index (χ0n) is 16.8. The van der Waals surface area contributed by atoms with Crippen molar-refractivity contribution in [3.05, 3.63) is 58.1 Å². The highest BCUT2D eigenvalue weighted by molar-refractivity contribution is 9.10. The molecule has 0 radical (unpaired) electrons. The van der Waals surface area contributed by atoms with Crippen LogP contribution in [0.1, 0.15) is 30.4 Å². The lowest BCUT2D eigenvalue weighted by atomic mass is 10.1. The molecular weight excluding hydrogens is 428 g/mol. The third-order valence-corrected chi connectivity index (χ3v) is 6.25. The Kier molecular flexibility index (Phi) is 5.72. The van der Waals surface area contributed by atoms with E-state index in [4.69, 9.17) is 4.98 Å². The molecule has 29 heavy (non-hydrogen) atoms. The number of piperidine rings is 1. The first-order valence-corrected chi connectivity index (χ1v) is 10.8. The number of nitrogens with zero attached hydrogens (tertiary/aromatic N) is 2. The number of pyridine rings is 1. The fourth-order valence-electron chi connectivity index (χ4n) is 3.76. The molecule has 3 aromatic rings. The SMILES string of the molecule is Cc1cc(NC(=O)Nc2ccc3nc(N4CCCCC4)cc(C)c3c2)ccc1Br. The quantitative estimate of drug-likeness (QED) is 0.493. The number of anilines is 3. The molecule has 1 aliphatic rings. The van der Waals surface area contributed by atoms with E-state index in [-0.39, 0.29) is 6.03 Å². The Bertz CT molecular complexity index is 1060. The number of nitrogens with one attached hydrogen (secondary N) is 2. The van der Waals surface area contributed by atoms with E-state index in [1.165, 1.54) is 24.8 Å². The summed E-state index contributed by atoms with van der Waals surface area (Å²) < 4.78 is 1.02. The Morgan fingerprint density at radius 1 is 0.931 bits per heavy atom. The van der Waals surface area contributed by atoms with E-state index in [1.54, 1.807) is 0 Å². The number of urea groups is 1. The van der Waals surface area contributed by atoms with Crippen molar-refractivity contribution >= 4 is 50.1 Å². The van der Waals surface area contributed by atoms with Crippen molar-refractivity contribution in [2.45, 2.75) is 33.1 Å². The topological polar surface area (TPSA) is 57.3 Å². The first-order valence-electron chi connectivity index (χ1n) is 10.00. The number of carbonyl (C=O) groups is 1. The van der Waals surface area contributed by atoms with Gasteiger partial charge in [0.05, 0.1) is 5.52 Å².